The number of aryl methyl sites for hydroxylation is 1. The molecule has 0 bridgehead atoms. The van der Waals surface area contributed by atoms with Crippen molar-refractivity contribution >= 4 is 55.1 Å². The summed E-state index contributed by atoms with van der Waals surface area (Å²) in [7, 11) is -2.78. The Balaban J connectivity index is 1.81. The molecule has 4 aromatic carbocycles. The topological polar surface area (TPSA) is 96.0 Å². The maximum absolute atomic E-state index is 14.6. The number of hydrogen-bond acceptors (Lipinski definition) is 5. The molecule has 0 saturated heterocycles. The number of sulfonamides is 1. The summed E-state index contributed by atoms with van der Waals surface area (Å²) in [6, 6.07) is 26.9. The highest BCUT2D eigenvalue weighted by Gasteiger charge is 2.35. The minimum absolute atomic E-state index is 0.00687. The van der Waals surface area contributed by atoms with Crippen molar-refractivity contribution in [2.24, 2.45) is 0 Å². The second kappa shape index (κ2) is 16.8. The van der Waals surface area contributed by atoms with Gasteiger partial charge in [-0.2, -0.15) is 0 Å². The van der Waals surface area contributed by atoms with Crippen molar-refractivity contribution in [3.63, 3.8) is 0 Å². The van der Waals surface area contributed by atoms with Crippen LogP contribution in [0.2, 0.25) is 5.02 Å². The SMILES string of the molecule is CCCCNC(=O)[C@H](Cc1ccccc1)N(Cc1ccccc1Cl)C(=O)CN(c1ccc(C)cc1)S(=O)(=O)c1ccc(OC)c(Br)c1. The number of anilines is 1. The van der Waals surface area contributed by atoms with Gasteiger partial charge in [-0.05, 0) is 76.8 Å². The van der Waals surface area contributed by atoms with Crippen LogP contribution in [-0.2, 0) is 32.6 Å². The second-order valence-corrected chi connectivity index (χ2v) is 14.2. The van der Waals surface area contributed by atoms with E-state index in [2.05, 4.69) is 21.2 Å². The summed E-state index contributed by atoms with van der Waals surface area (Å²) in [4.78, 5) is 29.9. The lowest BCUT2D eigenvalue weighted by Crippen LogP contribution is -2.53. The first-order valence-electron chi connectivity index (χ1n) is 15.3. The predicted molar refractivity (Wildman–Crippen MR) is 190 cm³/mol. The molecule has 0 saturated carbocycles. The number of amides is 2. The molecule has 8 nitrogen and oxygen atoms in total. The molecule has 4 rings (SSSR count). The summed E-state index contributed by atoms with van der Waals surface area (Å²) in [6.07, 6.45) is 1.88. The molecule has 0 heterocycles. The van der Waals surface area contributed by atoms with Crippen LogP contribution in [0, 0.1) is 6.92 Å². The van der Waals surface area contributed by atoms with E-state index in [0.29, 0.717) is 33.0 Å². The molecule has 0 aliphatic rings. The first kappa shape index (κ1) is 36.0. The molecule has 0 aliphatic heterocycles. The number of unbranched alkanes of at least 4 members (excludes halogenated alkanes) is 1. The molecule has 248 valence electrons. The van der Waals surface area contributed by atoms with Gasteiger partial charge in [0.25, 0.3) is 10.0 Å². The fraction of sp³-hybridized carbons (Fsp3) is 0.278. The maximum atomic E-state index is 14.6. The Morgan fingerprint density at radius 2 is 1.64 bits per heavy atom. The first-order valence-corrected chi connectivity index (χ1v) is 17.9. The van der Waals surface area contributed by atoms with Crippen molar-refractivity contribution in [1.82, 2.24) is 10.2 Å². The summed E-state index contributed by atoms with van der Waals surface area (Å²) in [5.41, 5.74) is 2.72. The smallest absolute Gasteiger partial charge is 0.264 e. The lowest BCUT2D eigenvalue weighted by Gasteiger charge is -2.34. The van der Waals surface area contributed by atoms with E-state index in [1.165, 1.54) is 24.1 Å². The monoisotopic (exact) mass is 739 g/mol. The fourth-order valence-corrected chi connectivity index (χ4v) is 7.37. The van der Waals surface area contributed by atoms with Gasteiger partial charge in [0.15, 0.2) is 0 Å². The van der Waals surface area contributed by atoms with Crippen LogP contribution in [0.3, 0.4) is 0 Å². The van der Waals surface area contributed by atoms with Crippen LogP contribution in [0.15, 0.2) is 106 Å². The van der Waals surface area contributed by atoms with Crippen LogP contribution in [0.5, 0.6) is 5.75 Å². The number of nitrogens with one attached hydrogen (secondary N) is 1. The summed E-state index contributed by atoms with van der Waals surface area (Å²) in [6.45, 7) is 3.80. The molecule has 2 amide bonds. The minimum Gasteiger partial charge on any atom is -0.496 e. The number of halogens is 2. The van der Waals surface area contributed by atoms with E-state index in [1.54, 1.807) is 48.5 Å². The molecular weight excluding hydrogens is 702 g/mol. The molecule has 0 unspecified atom stereocenters. The van der Waals surface area contributed by atoms with Crippen molar-refractivity contribution in [2.45, 2.75) is 50.6 Å². The summed E-state index contributed by atoms with van der Waals surface area (Å²) >= 11 is 9.95. The third-order valence-corrected chi connectivity index (χ3v) is 10.5. The lowest BCUT2D eigenvalue weighted by molar-refractivity contribution is -0.140. The van der Waals surface area contributed by atoms with Gasteiger partial charge >= 0.3 is 0 Å². The van der Waals surface area contributed by atoms with Crippen molar-refractivity contribution in [2.75, 3.05) is 24.5 Å². The normalized spacial score (nSPS) is 11.9. The van der Waals surface area contributed by atoms with E-state index < -0.39 is 28.5 Å². The maximum Gasteiger partial charge on any atom is 0.264 e. The van der Waals surface area contributed by atoms with Crippen molar-refractivity contribution < 1.29 is 22.7 Å². The Bertz CT molecular complexity index is 1770. The van der Waals surface area contributed by atoms with E-state index in [1.807, 2.05) is 50.2 Å². The van der Waals surface area contributed by atoms with E-state index >= 15 is 0 Å². The summed E-state index contributed by atoms with van der Waals surface area (Å²) in [5.74, 6) is -0.426. The number of carbonyl (C=O) groups excluding carboxylic acids is 2. The quantitative estimate of drug-likeness (QED) is 0.131. The highest BCUT2D eigenvalue weighted by atomic mass is 79.9. The van der Waals surface area contributed by atoms with E-state index in [9.17, 15) is 18.0 Å². The van der Waals surface area contributed by atoms with Gasteiger partial charge in [0.2, 0.25) is 11.8 Å². The van der Waals surface area contributed by atoms with Gasteiger partial charge < -0.3 is 15.0 Å². The van der Waals surface area contributed by atoms with Crippen LogP contribution in [0.1, 0.15) is 36.5 Å². The first-order chi connectivity index (χ1) is 22.5. The van der Waals surface area contributed by atoms with Gasteiger partial charge in [-0.15, -0.1) is 0 Å². The number of carbonyl (C=O) groups is 2. The Kier molecular flexibility index (Phi) is 12.9. The van der Waals surface area contributed by atoms with E-state index in [-0.39, 0.29) is 23.8 Å². The highest BCUT2D eigenvalue weighted by molar-refractivity contribution is 9.10. The summed E-state index contributed by atoms with van der Waals surface area (Å²) < 4.78 is 35.4. The highest BCUT2D eigenvalue weighted by Crippen LogP contribution is 2.31. The molecule has 47 heavy (non-hydrogen) atoms. The molecule has 4 aromatic rings. The Labute approximate surface area is 290 Å². The van der Waals surface area contributed by atoms with Crippen LogP contribution >= 0.6 is 27.5 Å². The average molecular weight is 741 g/mol. The molecule has 0 fully saturated rings. The Morgan fingerprint density at radius 3 is 2.28 bits per heavy atom. The molecule has 0 aliphatic carbocycles. The van der Waals surface area contributed by atoms with Gasteiger partial charge in [0, 0.05) is 24.5 Å². The Morgan fingerprint density at radius 1 is 0.957 bits per heavy atom. The molecule has 11 heteroatoms. The van der Waals surface area contributed by atoms with Gasteiger partial charge in [0.05, 0.1) is 22.2 Å². The van der Waals surface area contributed by atoms with Crippen molar-refractivity contribution in [3.05, 3.63) is 123 Å². The third-order valence-electron chi connectivity index (χ3n) is 7.71. The van der Waals surface area contributed by atoms with E-state index in [0.717, 1.165) is 28.3 Å². The molecule has 0 spiro atoms. The largest absolute Gasteiger partial charge is 0.496 e. The zero-order valence-electron chi connectivity index (χ0n) is 26.7. The van der Waals surface area contributed by atoms with E-state index in [4.69, 9.17) is 16.3 Å². The number of nitrogens with zero attached hydrogens (tertiary/aromatic N) is 2. The standard InChI is InChI=1S/C36H39BrClN3O5S/c1-4-5-21-39-36(43)33(22-27-11-7-6-8-12-27)40(24-28-13-9-10-14-32(28)38)35(42)25-41(29-17-15-26(2)16-18-29)47(44,45)30-19-20-34(46-3)31(37)23-30/h6-20,23,33H,4-5,21-22,24-25H2,1-3H3,(H,39,43)/t33-/m0/s1. The molecule has 0 radical (unpaired) electrons. The molecule has 0 aromatic heterocycles. The number of rotatable bonds is 15. The molecule has 1 atom stereocenters. The second-order valence-electron chi connectivity index (χ2n) is 11.1. The molecule has 1 N–H and O–H groups in total. The number of methoxy groups -OCH3 is 1. The van der Waals surface area contributed by atoms with Gasteiger partial charge in [-0.3, -0.25) is 13.9 Å². The van der Waals surface area contributed by atoms with Crippen LogP contribution < -0.4 is 14.4 Å². The van der Waals surface area contributed by atoms with Gasteiger partial charge in [0.1, 0.15) is 18.3 Å². The minimum atomic E-state index is -4.27. The Hall–Kier alpha value is -3.86. The predicted octanol–water partition coefficient (Wildman–Crippen LogP) is 7.17. The molecular formula is C36H39BrClN3O5S. The summed E-state index contributed by atoms with van der Waals surface area (Å²) in [5, 5.41) is 3.42. The number of hydrogen-bond donors (Lipinski definition) is 1. The van der Waals surface area contributed by atoms with Crippen molar-refractivity contribution in [1.29, 1.82) is 0 Å². The average Bonchev–Trinajstić information content (AvgIpc) is 3.06. The van der Waals surface area contributed by atoms with Crippen LogP contribution in [-0.4, -0.2) is 51.4 Å². The van der Waals surface area contributed by atoms with Crippen LogP contribution in [0.4, 0.5) is 5.69 Å². The number of ether oxygens (including phenoxy) is 1. The van der Waals surface area contributed by atoms with Gasteiger partial charge in [-0.1, -0.05) is 91.2 Å². The number of benzene rings is 4. The lowest BCUT2D eigenvalue weighted by atomic mass is 10.0. The fourth-order valence-electron chi connectivity index (χ4n) is 5.04. The zero-order valence-corrected chi connectivity index (χ0v) is 29.8. The van der Waals surface area contributed by atoms with Crippen LogP contribution in [0.25, 0.3) is 0 Å². The van der Waals surface area contributed by atoms with Crippen molar-refractivity contribution in [3.8, 4) is 5.75 Å². The van der Waals surface area contributed by atoms with Gasteiger partial charge in [-0.25, -0.2) is 8.42 Å². The zero-order chi connectivity index (χ0) is 34.0. The third kappa shape index (κ3) is 9.37.